The van der Waals surface area contributed by atoms with Crippen LogP contribution in [0.2, 0.25) is 0 Å². The van der Waals surface area contributed by atoms with E-state index in [1.807, 2.05) is 20.8 Å². The predicted molar refractivity (Wildman–Crippen MR) is 89.8 cm³/mol. The number of hydrogen-bond donors (Lipinski definition) is 0. The van der Waals surface area contributed by atoms with E-state index in [4.69, 9.17) is 4.74 Å². The standard InChI is InChI=1S/C17H26N4O3/c1-17(2,3)24-16(23)20(4)13-6-5-9-21(11-13)12-15(22)14-10-18-7-8-19-14/h7-8,10,13H,5-6,9,11-12H2,1-4H3/t13-/m1/s1. The van der Waals surface area contributed by atoms with Crippen molar-refractivity contribution in [3.8, 4) is 0 Å². The van der Waals surface area contributed by atoms with Crippen LogP contribution in [0, 0.1) is 0 Å². The Morgan fingerprint density at radius 3 is 2.75 bits per heavy atom. The summed E-state index contributed by atoms with van der Waals surface area (Å²) in [4.78, 5) is 36.1. The highest BCUT2D eigenvalue weighted by Crippen LogP contribution is 2.18. The molecule has 7 heteroatoms. The number of ketones is 1. The van der Waals surface area contributed by atoms with Gasteiger partial charge >= 0.3 is 6.09 Å². The molecule has 132 valence electrons. The third kappa shape index (κ3) is 5.26. The summed E-state index contributed by atoms with van der Waals surface area (Å²) in [5.74, 6) is -0.0522. The Balaban J connectivity index is 1.91. The maximum Gasteiger partial charge on any atom is 0.410 e. The number of carbonyl (C=O) groups excluding carboxylic acids is 2. The molecule has 7 nitrogen and oxygen atoms in total. The number of likely N-dealkylation sites (N-methyl/N-ethyl adjacent to an activating group) is 1. The number of carbonyl (C=O) groups is 2. The van der Waals surface area contributed by atoms with Crippen LogP contribution < -0.4 is 0 Å². The quantitative estimate of drug-likeness (QED) is 0.784. The van der Waals surface area contributed by atoms with Gasteiger partial charge in [-0.2, -0.15) is 0 Å². The molecule has 1 amide bonds. The third-order valence-electron chi connectivity index (χ3n) is 3.93. The minimum absolute atomic E-state index is 0.0447. The van der Waals surface area contributed by atoms with Crippen LogP contribution >= 0.6 is 0 Å². The molecule has 2 rings (SSSR count). The first-order valence-corrected chi connectivity index (χ1v) is 8.23. The lowest BCUT2D eigenvalue weighted by molar-refractivity contribution is 0.0138. The van der Waals surface area contributed by atoms with Crippen molar-refractivity contribution < 1.29 is 14.3 Å². The summed E-state index contributed by atoms with van der Waals surface area (Å²) >= 11 is 0. The van der Waals surface area contributed by atoms with Gasteiger partial charge in [-0.15, -0.1) is 0 Å². The molecule has 0 spiro atoms. The molecule has 0 radical (unpaired) electrons. The van der Waals surface area contributed by atoms with Crippen molar-refractivity contribution in [3.63, 3.8) is 0 Å². The van der Waals surface area contributed by atoms with E-state index < -0.39 is 5.60 Å². The molecule has 1 aliphatic rings. The van der Waals surface area contributed by atoms with Crippen LogP contribution in [0.5, 0.6) is 0 Å². The molecule has 0 saturated carbocycles. The van der Waals surface area contributed by atoms with Crippen LogP contribution in [0.15, 0.2) is 18.6 Å². The van der Waals surface area contributed by atoms with E-state index in [-0.39, 0.29) is 24.5 Å². The number of amides is 1. The van der Waals surface area contributed by atoms with Crippen LogP contribution in [0.4, 0.5) is 4.79 Å². The van der Waals surface area contributed by atoms with E-state index in [2.05, 4.69) is 14.9 Å². The fourth-order valence-corrected chi connectivity index (χ4v) is 2.70. The molecule has 0 aromatic carbocycles. The lowest BCUT2D eigenvalue weighted by Gasteiger charge is -2.37. The fourth-order valence-electron chi connectivity index (χ4n) is 2.70. The number of aromatic nitrogens is 2. The van der Waals surface area contributed by atoms with Gasteiger partial charge in [0.15, 0.2) is 5.78 Å². The second-order valence-electron chi connectivity index (χ2n) is 7.14. The molecule has 1 aromatic rings. The summed E-state index contributed by atoms with van der Waals surface area (Å²) in [5, 5.41) is 0. The van der Waals surface area contributed by atoms with Crippen molar-refractivity contribution in [1.29, 1.82) is 0 Å². The van der Waals surface area contributed by atoms with Gasteiger partial charge in [0, 0.05) is 32.0 Å². The second-order valence-corrected chi connectivity index (χ2v) is 7.14. The van der Waals surface area contributed by atoms with Crippen molar-refractivity contribution in [2.75, 3.05) is 26.7 Å². The van der Waals surface area contributed by atoms with Crippen LogP contribution in [0.3, 0.4) is 0 Å². The lowest BCUT2D eigenvalue weighted by atomic mass is 10.0. The molecule has 0 bridgehead atoms. The number of nitrogens with zero attached hydrogens (tertiary/aromatic N) is 4. The average molecular weight is 334 g/mol. The van der Waals surface area contributed by atoms with E-state index in [0.29, 0.717) is 12.2 Å². The van der Waals surface area contributed by atoms with Crippen molar-refractivity contribution in [1.82, 2.24) is 19.8 Å². The van der Waals surface area contributed by atoms with Gasteiger partial charge < -0.3 is 9.64 Å². The molecular formula is C17H26N4O3. The van der Waals surface area contributed by atoms with E-state index in [1.165, 1.54) is 12.4 Å². The van der Waals surface area contributed by atoms with E-state index in [1.54, 1.807) is 18.1 Å². The molecule has 24 heavy (non-hydrogen) atoms. The first-order valence-electron chi connectivity index (χ1n) is 8.23. The van der Waals surface area contributed by atoms with Gasteiger partial charge in [-0.3, -0.25) is 14.7 Å². The van der Waals surface area contributed by atoms with Crippen molar-refractivity contribution in [2.24, 2.45) is 0 Å². The zero-order valence-electron chi connectivity index (χ0n) is 14.9. The molecule has 0 N–H and O–H groups in total. The molecule has 2 heterocycles. The summed E-state index contributed by atoms with van der Waals surface area (Å²) in [6.07, 6.45) is 6.06. The molecular weight excluding hydrogens is 308 g/mol. The Morgan fingerprint density at radius 2 is 2.12 bits per heavy atom. The summed E-state index contributed by atoms with van der Waals surface area (Å²) in [5.41, 5.74) is -0.137. The maximum absolute atomic E-state index is 12.3. The summed E-state index contributed by atoms with van der Waals surface area (Å²) in [7, 11) is 1.76. The number of ether oxygens (including phenoxy) is 1. The summed E-state index contributed by atoms with van der Waals surface area (Å²) in [6, 6.07) is 0.0447. The molecule has 0 aliphatic carbocycles. The normalized spacial score (nSPS) is 18.9. The van der Waals surface area contributed by atoms with Crippen molar-refractivity contribution in [2.45, 2.75) is 45.3 Å². The minimum atomic E-state index is -0.512. The SMILES string of the molecule is CN(C(=O)OC(C)(C)C)[C@@H]1CCCN(CC(=O)c2cnccn2)C1. The maximum atomic E-state index is 12.3. The summed E-state index contributed by atoms with van der Waals surface area (Å²) in [6.45, 7) is 7.34. The van der Waals surface area contributed by atoms with Gasteiger partial charge in [-0.25, -0.2) is 9.78 Å². The Hall–Kier alpha value is -2.02. The topological polar surface area (TPSA) is 75.6 Å². The molecule has 1 fully saturated rings. The van der Waals surface area contributed by atoms with Crippen molar-refractivity contribution in [3.05, 3.63) is 24.3 Å². The number of rotatable bonds is 4. The number of Topliss-reactive ketones (excluding diaryl/α,β-unsaturated/α-hetero) is 1. The second kappa shape index (κ2) is 7.70. The van der Waals surface area contributed by atoms with Crippen LogP contribution in [0.25, 0.3) is 0 Å². The molecule has 1 aliphatic heterocycles. The zero-order valence-corrected chi connectivity index (χ0v) is 14.9. The van der Waals surface area contributed by atoms with Crippen LogP contribution in [-0.4, -0.2) is 70.0 Å². The molecule has 0 unspecified atom stereocenters. The Kier molecular flexibility index (Phi) is 5.88. The van der Waals surface area contributed by atoms with Gasteiger partial charge in [0.25, 0.3) is 0 Å². The molecule has 1 aromatic heterocycles. The van der Waals surface area contributed by atoms with Crippen molar-refractivity contribution >= 4 is 11.9 Å². The average Bonchev–Trinajstić information content (AvgIpc) is 2.53. The number of likely N-dealkylation sites (tertiary alicyclic amines) is 1. The highest BCUT2D eigenvalue weighted by molar-refractivity contribution is 5.95. The molecule has 1 saturated heterocycles. The molecule has 1 atom stereocenters. The number of piperidine rings is 1. The van der Waals surface area contributed by atoms with E-state index in [9.17, 15) is 9.59 Å². The van der Waals surface area contributed by atoms with Crippen LogP contribution in [0.1, 0.15) is 44.1 Å². The number of hydrogen-bond acceptors (Lipinski definition) is 6. The summed E-state index contributed by atoms with van der Waals surface area (Å²) < 4.78 is 5.42. The lowest BCUT2D eigenvalue weighted by Crippen LogP contribution is -2.50. The van der Waals surface area contributed by atoms with E-state index >= 15 is 0 Å². The predicted octanol–water partition coefficient (Wildman–Crippen LogP) is 1.99. The van der Waals surface area contributed by atoms with Gasteiger partial charge in [-0.05, 0) is 40.2 Å². The van der Waals surface area contributed by atoms with Gasteiger partial charge in [0.2, 0.25) is 0 Å². The Labute approximate surface area is 143 Å². The zero-order chi connectivity index (χ0) is 17.7. The van der Waals surface area contributed by atoms with Gasteiger partial charge in [0.1, 0.15) is 11.3 Å². The largest absolute Gasteiger partial charge is 0.444 e. The Bertz CT molecular complexity index is 571. The highest BCUT2D eigenvalue weighted by atomic mass is 16.6. The smallest absolute Gasteiger partial charge is 0.410 e. The highest BCUT2D eigenvalue weighted by Gasteiger charge is 2.29. The first kappa shape index (κ1) is 18.3. The minimum Gasteiger partial charge on any atom is -0.444 e. The fraction of sp³-hybridized carbons (Fsp3) is 0.647. The van der Waals surface area contributed by atoms with Gasteiger partial charge in [0.05, 0.1) is 12.7 Å². The third-order valence-corrected chi connectivity index (χ3v) is 3.93. The van der Waals surface area contributed by atoms with Crippen LogP contribution in [-0.2, 0) is 4.74 Å². The van der Waals surface area contributed by atoms with Gasteiger partial charge in [-0.1, -0.05) is 0 Å². The van der Waals surface area contributed by atoms with E-state index in [0.717, 1.165) is 19.4 Å². The first-order chi connectivity index (χ1) is 11.3. The Morgan fingerprint density at radius 1 is 1.38 bits per heavy atom. The monoisotopic (exact) mass is 334 g/mol.